The van der Waals surface area contributed by atoms with Gasteiger partial charge in [0.1, 0.15) is 17.5 Å². The van der Waals surface area contributed by atoms with Crippen molar-refractivity contribution in [1.82, 2.24) is 10.3 Å². The molecule has 2 rings (SSSR count). The molecular weight excluding hydrogens is 297 g/mol. The highest BCUT2D eigenvalue weighted by Crippen LogP contribution is 2.22. The first kappa shape index (κ1) is 14.9. The van der Waals surface area contributed by atoms with Gasteiger partial charge in [-0.2, -0.15) is 0 Å². The third-order valence-electron chi connectivity index (χ3n) is 2.68. The van der Waals surface area contributed by atoms with Gasteiger partial charge in [-0.1, -0.05) is 35.3 Å². The van der Waals surface area contributed by atoms with E-state index < -0.39 is 0 Å². The average Bonchev–Trinajstić information content (AvgIpc) is 2.42. The Labute approximate surface area is 127 Å². The van der Waals surface area contributed by atoms with Crippen molar-refractivity contribution in [2.75, 3.05) is 18.9 Å². The molecule has 1 heterocycles. The molecule has 0 saturated carbocycles. The molecule has 20 heavy (non-hydrogen) atoms. The van der Waals surface area contributed by atoms with Crippen LogP contribution < -0.4 is 15.8 Å². The Morgan fingerprint density at radius 2 is 2.05 bits per heavy atom. The number of ether oxygens (including phenoxy) is 1. The molecular formula is C14H15Cl2N3O. The van der Waals surface area contributed by atoms with Gasteiger partial charge >= 0.3 is 0 Å². The standard InChI is InChI=1S/C14H15Cl2N3O/c15-11-3-1-2-4-13(11)20-6-5-18-8-10-9-19-14(16)7-12(10)17/h1-4,7,9,18H,5-6,8H2,(H2,17,19). The molecule has 1 aromatic carbocycles. The molecule has 0 radical (unpaired) electrons. The monoisotopic (exact) mass is 311 g/mol. The fourth-order valence-electron chi connectivity index (χ4n) is 1.64. The normalized spacial score (nSPS) is 10.5. The zero-order chi connectivity index (χ0) is 14.4. The van der Waals surface area contributed by atoms with Crippen LogP contribution in [0.5, 0.6) is 5.75 Å². The van der Waals surface area contributed by atoms with Gasteiger partial charge in [0.2, 0.25) is 0 Å². The zero-order valence-corrected chi connectivity index (χ0v) is 12.3. The number of aromatic nitrogens is 1. The number of anilines is 1. The summed E-state index contributed by atoms with van der Waals surface area (Å²) >= 11 is 11.7. The minimum Gasteiger partial charge on any atom is -0.491 e. The van der Waals surface area contributed by atoms with Gasteiger partial charge < -0.3 is 15.8 Å². The third kappa shape index (κ3) is 4.27. The van der Waals surface area contributed by atoms with E-state index in [-0.39, 0.29) is 0 Å². The van der Waals surface area contributed by atoms with E-state index in [0.29, 0.717) is 41.3 Å². The summed E-state index contributed by atoms with van der Waals surface area (Å²) in [5.41, 5.74) is 7.37. The predicted octanol–water partition coefficient (Wildman–Crippen LogP) is 3.14. The second-order valence-corrected chi connectivity index (χ2v) is 4.96. The van der Waals surface area contributed by atoms with E-state index in [0.717, 1.165) is 5.56 Å². The van der Waals surface area contributed by atoms with Crippen molar-refractivity contribution in [2.45, 2.75) is 6.54 Å². The Kier molecular flexibility index (Phi) is 5.47. The van der Waals surface area contributed by atoms with Crippen LogP contribution in [0.2, 0.25) is 10.2 Å². The lowest BCUT2D eigenvalue weighted by Crippen LogP contribution is -2.21. The second kappa shape index (κ2) is 7.33. The number of nitrogen functional groups attached to an aromatic ring is 1. The van der Waals surface area contributed by atoms with E-state index in [1.807, 2.05) is 18.2 Å². The summed E-state index contributed by atoms with van der Waals surface area (Å²) in [7, 11) is 0. The molecule has 106 valence electrons. The molecule has 0 spiro atoms. The smallest absolute Gasteiger partial charge is 0.137 e. The van der Waals surface area contributed by atoms with Crippen LogP contribution in [-0.4, -0.2) is 18.1 Å². The summed E-state index contributed by atoms with van der Waals surface area (Å²) in [6, 6.07) is 9.02. The number of hydrogen-bond acceptors (Lipinski definition) is 4. The molecule has 3 N–H and O–H groups in total. The molecule has 0 amide bonds. The Morgan fingerprint density at radius 1 is 1.25 bits per heavy atom. The van der Waals surface area contributed by atoms with Gasteiger partial charge in [0, 0.05) is 30.5 Å². The minimum atomic E-state index is 0.397. The summed E-state index contributed by atoms with van der Waals surface area (Å²) in [6.07, 6.45) is 1.67. The van der Waals surface area contributed by atoms with Crippen molar-refractivity contribution in [3.8, 4) is 5.75 Å². The second-order valence-electron chi connectivity index (χ2n) is 4.16. The summed E-state index contributed by atoms with van der Waals surface area (Å²) in [4.78, 5) is 3.99. The summed E-state index contributed by atoms with van der Waals surface area (Å²) in [6.45, 7) is 1.81. The van der Waals surface area contributed by atoms with Gasteiger partial charge in [0.25, 0.3) is 0 Å². The number of rotatable bonds is 6. The average molecular weight is 312 g/mol. The summed E-state index contributed by atoms with van der Waals surface area (Å²) in [5, 5.41) is 4.23. The Balaban J connectivity index is 1.73. The Bertz CT molecular complexity index is 578. The van der Waals surface area contributed by atoms with E-state index in [4.69, 9.17) is 33.7 Å². The number of pyridine rings is 1. The molecule has 2 aromatic rings. The van der Waals surface area contributed by atoms with Gasteiger partial charge in [-0.15, -0.1) is 0 Å². The Morgan fingerprint density at radius 3 is 2.80 bits per heavy atom. The molecule has 1 aromatic heterocycles. The summed E-state index contributed by atoms with van der Waals surface area (Å²) < 4.78 is 5.56. The number of nitrogens with zero attached hydrogens (tertiary/aromatic N) is 1. The number of halogens is 2. The molecule has 6 heteroatoms. The molecule has 0 saturated heterocycles. The number of nitrogens with two attached hydrogens (primary N) is 1. The first-order valence-corrected chi connectivity index (χ1v) is 6.90. The first-order valence-electron chi connectivity index (χ1n) is 6.15. The van der Waals surface area contributed by atoms with Crippen molar-refractivity contribution < 1.29 is 4.74 Å². The van der Waals surface area contributed by atoms with Gasteiger partial charge in [0.05, 0.1) is 5.02 Å². The molecule has 0 atom stereocenters. The van der Waals surface area contributed by atoms with Crippen molar-refractivity contribution in [1.29, 1.82) is 0 Å². The van der Waals surface area contributed by atoms with Crippen molar-refractivity contribution in [2.24, 2.45) is 0 Å². The maximum atomic E-state index is 5.99. The maximum absolute atomic E-state index is 5.99. The number of benzene rings is 1. The van der Waals surface area contributed by atoms with Gasteiger partial charge in [-0.3, -0.25) is 0 Å². The van der Waals surface area contributed by atoms with Crippen LogP contribution in [0.3, 0.4) is 0 Å². The van der Waals surface area contributed by atoms with Crippen LogP contribution >= 0.6 is 23.2 Å². The van der Waals surface area contributed by atoms with Crippen LogP contribution in [0.25, 0.3) is 0 Å². The van der Waals surface area contributed by atoms with Crippen LogP contribution in [0.1, 0.15) is 5.56 Å². The van der Waals surface area contributed by atoms with Crippen molar-refractivity contribution in [3.05, 3.63) is 52.3 Å². The van der Waals surface area contributed by atoms with Crippen LogP contribution in [0, 0.1) is 0 Å². The highest BCUT2D eigenvalue weighted by Gasteiger charge is 2.02. The zero-order valence-electron chi connectivity index (χ0n) is 10.8. The van der Waals surface area contributed by atoms with E-state index in [9.17, 15) is 0 Å². The molecule has 0 aliphatic carbocycles. The Hall–Kier alpha value is -1.49. The fourth-order valence-corrected chi connectivity index (χ4v) is 1.99. The third-order valence-corrected chi connectivity index (χ3v) is 3.20. The predicted molar refractivity (Wildman–Crippen MR) is 82.3 cm³/mol. The highest BCUT2D eigenvalue weighted by molar-refractivity contribution is 6.32. The lowest BCUT2D eigenvalue weighted by Gasteiger charge is -2.09. The number of nitrogens with one attached hydrogen (secondary N) is 1. The largest absolute Gasteiger partial charge is 0.491 e. The van der Waals surface area contributed by atoms with E-state index in [1.54, 1.807) is 18.3 Å². The van der Waals surface area contributed by atoms with E-state index >= 15 is 0 Å². The molecule has 0 aliphatic rings. The van der Waals surface area contributed by atoms with E-state index in [1.165, 1.54) is 0 Å². The highest BCUT2D eigenvalue weighted by atomic mass is 35.5. The molecule has 4 nitrogen and oxygen atoms in total. The molecule has 0 fully saturated rings. The molecule has 0 bridgehead atoms. The van der Waals surface area contributed by atoms with Gasteiger partial charge in [-0.05, 0) is 18.2 Å². The van der Waals surface area contributed by atoms with Crippen LogP contribution in [0.4, 0.5) is 5.69 Å². The quantitative estimate of drug-likeness (QED) is 0.635. The van der Waals surface area contributed by atoms with Crippen molar-refractivity contribution >= 4 is 28.9 Å². The maximum Gasteiger partial charge on any atom is 0.137 e. The lowest BCUT2D eigenvalue weighted by molar-refractivity contribution is 0.314. The van der Waals surface area contributed by atoms with E-state index in [2.05, 4.69) is 10.3 Å². The van der Waals surface area contributed by atoms with Gasteiger partial charge in [0.15, 0.2) is 0 Å². The summed E-state index contributed by atoms with van der Waals surface area (Å²) in [5.74, 6) is 0.684. The fraction of sp³-hybridized carbons (Fsp3) is 0.214. The topological polar surface area (TPSA) is 60.2 Å². The minimum absolute atomic E-state index is 0.397. The lowest BCUT2D eigenvalue weighted by atomic mass is 10.2. The molecule has 0 unspecified atom stereocenters. The molecule has 0 aliphatic heterocycles. The number of hydrogen-bond donors (Lipinski definition) is 2. The SMILES string of the molecule is Nc1cc(Cl)ncc1CNCCOc1ccccc1Cl. The van der Waals surface area contributed by atoms with Gasteiger partial charge in [-0.25, -0.2) is 4.98 Å². The van der Waals surface area contributed by atoms with Crippen LogP contribution in [0.15, 0.2) is 36.5 Å². The van der Waals surface area contributed by atoms with Crippen molar-refractivity contribution in [3.63, 3.8) is 0 Å². The number of para-hydroxylation sites is 1. The van der Waals surface area contributed by atoms with Crippen LogP contribution in [-0.2, 0) is 6.54 Å². The first-order chi connectivity index (χ1) is 9.66.